The van der Waals surface area contributed by atoms with E-state index in [0.29, 0.717) is 6.07 Å². The molecule has 2 aromatic rings. The summed E-state index contributed by atoms with van der Waals surface area (Å²) in [6, 6.07) is 3.04. The van der Waals surface area contributed by atoms with Gasteiger partial charge in [0.05, 0.1) is 19.6 Å². The average Bonchev–Trinajstić information content (AvgIpc) is 2.36. The summed E-state index contributed by atoms with van der Waals surface area (Å²) in [4.78, 5) is 11.7. The maximum Gasteiger partial charge on any atom is 0.449 e. The van der Waals surface area contributed by atoms with Gasteiger partial charge in [-0.2, -0.15) is 13.2 Å². The van der Waals surface area contributed by atoms with Crippen LogP contribution in [0.2, 0.25) is 0 Å². The van der Waals surface area contributed by atoms with Gasteiger partial charge in [-0.3, -0.25) is 4.79 Å². The van der Waals surface area contributed by atoms with Gasteiger partial charge in [-0.1, -0.05) is 0 Å². The second-order valence-electron chi connectivity index (χ2n) is 3.68. The number of benzene rings is 1. The van der Waals surface area contributed by atoms with Gasteiger partial charge in [-0.25, -0.2) is 0 Å². The molecule has 0 aliphatic rings. The molecule has 1 aromatic heterocycles. The van der Waals surface area contributed by atoms with E-state index in [1.807, 2.05) is 0 Å². The SMILES string of the molecule is COc1cc(OC)c2oc(C(F)(F)F)cc(=O)c2c1. The first-order chi connectivity index (χ1) is 8.86. The lowest BCUT2D eigenvalue weighted by Crippen LogP contribution is -2.11. The van der Waals surface area contributed by atoms with Crippen LogP contribution in [0.4, 0.5) is 13.2 Å². The number of rotatable bonds is 2. The van der Waals surface area contributed by atoms with E-state index in [-0.39, 0.29) is 22.5 Å². The zero-order chi connectivity index (χ0) is 14.2. The molecule has 0 spiro atoms. The van der Waals surface area contributed by atoms with E-state index in [2.05, 4.69) is 0 Å². The van der Waals surface area contributed by atoms with Gasteiger partial charge in [0.25, 0.3) is 0 Å². The highest BCUT2D eigenvalue weighted by atomic mass is 19.4. The molecule has 7 heteroatoms. The summed E-state index contributed by atoms with van der Waals surface area (Å²) in [6.45, 7) is 0. The van der Waals surface area contributed by atoms with E-state index in [4.69, 9.17) is 13.9 Å². The Morgan fingerprint density at radius 2 is 1.79 bits per heavy atom. The van der Waals surface area contributed by atoms with Crippen molar-refractivity contribution in [1.82, 2.24) is 0 Å². The fourth-order valence-electron chi connectivity index (χ4n) is 1.61. The predicted molar refractivity (Wildman–Crippen MR) is 60.6 cm³/mol. The first-order valence-electron chi connectivity index (χ1n) is 5.14. The fraction of sp³-hybridized carbons (Fsp3) is 0.250. The number of ether oxygens (including phenoxy) is 2. The Kier molecular flexibility index (Phi) is 3.13. The summed E-state index contributed by atoms with van der Waals surface area (Å²) in [7, 11) is 2.63. The molecule has 1 heterocycles. The molecule has 102 valence electrons. The van der Waals surface area contributed by atoms with Crippen molar-refractivity contribution in [3.05, 3.63) is 34.2 Å². The van der Waals surface area contributed by atoms with Crippen molar-refractivity contribution in [2.75, 3.05) is 14.2 Å². The third kappa shape index (κ3) is 2.35. The van der Waals surface area contributed by atoms with Crippen molar-refractivity contribution in [3.63, 3.8) is 0 Å². The Morgan fingerprint density at radius 3 is 2.32 bits per heavy atom. The number of methoxy groups -OCH3 is 2. The molecular formula is C12H9F3O4. The van der Waals surface area contributed by atoms with E-state index in [1.54, 1.807) is 0 Å². The van der Waals surface area contributed by atoms with Crippen LogP contribution in [0.1, 0.15) is 5.76 Å². The van der Waals surface area contributed by atoms with Gasteiger partial charge in [0.2, 0.25) is 5.76 Å². The molecule has 1 aromatic carbocycles. The summed E-state index contributed by atoms with van der Waals surface area (Å²) >= 11 is 0. The fourth-order valence-corrected chi connectivity index (χ4v) is 1.61. The maximum atomic E-state index is 12.6. The van der Waals surface area contributed by atoms with Crippen LogP contribution in [0.5, 0.6) is 11.5 Å². The first-order valence-corrected chi connectivity index (χ1v) is 5.14. The summed E-state index contributed by atoms with van der Waals surface area (Å²) in [5.74, 6) is -1.08. The number of fused-ring (bicyclic) bond motifs is 1. The quantitative estimate of drug-likeness (QED) is 0.844. The lowest BCUT2D eigenvalue weighted by atomic mass is 10.2. The Labute approximate surface area is 105 Å². The van der Waals surface area contributed by atoms with Gasteiger partial charge in [-0.15, -0.1) is 0 Å². The van der Waals surface area contributed by atoms with E-state index in [0.717, 1.165) is 0 Å². The van der Waals surface area contributed by atoms with Gasteiger partial charge in [0, 0.05) is 12.1 Å². The van der Waals surface area contributed by atoms with Gasteiger partial charge in [0.1, 0.15) is 5.75 Å². The van der Waals surface area contributed by atoms with Crippen LogP contribution in [0.3, 0.4) is 0 Å². The summed E-state index contributed by atoms with van der Waals surface area (Å²) in [5.41, 5.74) is -1.08. The molecule has 4 nitrogen and oxygen atoms in total. The smallest absolute Gasteiger partial charge is 0.449 e. The standard InChI is InChI=1S/C12H9F3O4/c1-17-6-3-7-8(16)5-10(12(13,14)15)19-11(7)9(4-6)18-2/h3-5H,1-2H3. The summed E-state index contributed by atoms with van der Waals surface area (Å²) < 4.78 is 52.3. The molecule has 0 unspecified atom stereocenters. The highest BCUT2D eigenvalue weighted by molar-refractivity contribution is 5.84. The predicted octanol–water partition coefficient (Wildman–Crippen LogP) is 2.83. The molecule has 0 atom stereocenters. The van der Waals surface area contributed by atoms with Gasteiger partial charge in [-0.05, 0) is 6.07 Å². The lowest BCUT2D eigenvalue weighted by Gasteiger charge is -2.10. The first kappa shape index (κ1) is 13.3. The number of hydrogen-bond donors (Lipinski definition) is 0. The number of hydrogen-bond acceptors (Lipinski definition) is 4. The molecule has 0 saturated heterocycles. The van der Waals surface area contributed by atoms with Gasteiger partial charge in [0.15, 0.2) is 16.8 Å². The second-order valence-corrected chi connectivity index (χ2v) is 3.68. The minimum atomic E-state index is -4.74. The minimum absolute atomic E-state index is 0.00227. The van der Waals surface area contributed by atoms with Crippen molar-refractivity contribution in [3.8, 4) is 11.5 Å². The maximum absolute atomic E-state index is 12.6. The van der Waals surface area contributed by atoms with E-state index in [1.165, 1.54) is 26.4 Å². The van der Waals surface area contributed by atoms with Crippen molar-refractivity contribution < 1.29 is 27.1 Å². The molecular weight excluding hydrogens is 265 g/mol. The van der Waals surface area contributed by atoms with Crippen LogP contribution >= 0.6 is 0 Å². The van der Waals surface area contributed by atoms with E-state index in [9.17, 15) is 18.0 Å². The van der Waals surface area contributed by atoms with Crippen molar-refractivity contribution in [2.24, 2.45) is 0 Å². The summed E-state index contributed by atoms with van der Waals surface area (Å²) in [5, 5.41) is -0.0378. The van der Waals surface area contributed by atoms with Crippen LogP contribution in [0.15, 0.2) is 27.4 Å². The van der Waals surface area contributed by atoms with Crippen LogP contribution in [0, 0.1) is 0 Å². The highest BCUT2D eigenvalue weighted by Gasteiger charge is 2.35. The van der Waals surface area contributed by atoms with Crippen LogP contribution in [0.25, 0.3) is 11.0 Å². The number of alkyl halides is 3. The average molecular weight is 274 g/mol. The Bertz CT molecular complexity index is 673. The van der Waals surface area contributed by atoms with Gasteiger partial charge >= 0.3 is 6.18 Å². The molecule has 0 aliphatic carbocycles. The molecule has 0 saturated carbocycles. The number of halogens is 3. The molecule has 0 aliphatic heterocycles. The normalized spacial score (nSPS) is 11.6. The minimum Gasteiger partial charge on any atom is -0.497 e. The second kappa shape index (κ2) is 4.49. The van der Waals surface area contributed by atoms with E-state index >= 15 is 0 Å². The molecule has 0 radical (unpaired) electrons. The molecule has 0 amide bonds. The topological polar surface area (TPSA) is 48.7 Å². The Morgan fingerprint density at radius 1 is 1.11 bits per heavy atom. The van der Waals surface area contributed by atoms with Gasteiger partial charge < -0.3 is 13.9 Å². The van der Waals surface area contributed by atoms with Crippen molar-refractivity contribution in [2.45, 2.75) is 6.18 Å². The Hall–Kier alpha value is -2.18. The molecule has 0 bridgehead atoms. The zero-order valence-corrected chi connectivity index (χ0v) is 10.00. The molecule has 2 rings (SSSR count). The van der Waals surface area contributed by atoms with Crippen LogP contribution in [-0.2, 0) is 6.18 Å². The van der Waals surface area contributed by atoms with E-state index < -0.39 is 17.4 Å². The largest absolute Gasteiger partial charge is 0.497 e. The highest BCUT2D eigenvalue weighted by Crippen LogP contribution is 2.34. The van der Waals surface area contributed by atoms with Crippen LogP contribution in [-0.4, -0.2) is 14.2 Å². The zero-order valence-electron chi connectivity index (χ0n) is 10.00. The lowest BCUT2D eigenvalue weighted by molar-refractivity contribution is -0.152. The monoisotopic (exact) mass is 274 g/mol. The molecule has 0 fully saturated rings. The third-order valence-electron chi connectivity index (χ3n) is 2.50. The van der Waals surface area contributed by atoms with Crippen molar-refractivity contribution in [1.29, 1.82) is 0 Å². The molecule has 0 N–H and O–H groups in total. The Balaban J connectivity index is 2.84. The van der Waals surface area contributed by atoms with Crippen molar-refractivity contribution >= 4 is 11.0 Å². The molecule has 19 heavy (non-hydrogen) atoms. The summed E-state index contributed by atoms with van der Waals surface area (Å²) in [6.07, 6.45) is -4.74. The third-order valence-corrected chi connectivity index (χ3v) is 2.50. The van der Waals surface area contributed by atoms with Crippen LogP contribution < -0.4 is 14.9 Å².